The van der Waals surface area contributed by atoms with Crippen LogP contribution in [0, 0.1) is 0 Å². The van der Waals surface area contributed by atoms with Gasteiger partial charge in [0, 0.05) is 13.1 Å². The van der Waals surface area contributed by atoms with E-state index in [2.05, 4.69) is 15.2 Å². The molecule has 0 saturated heterocycles. The summed E-state index contributed by atoms with van der Waals surface area (Å²) in [7, 11) is 3.41. The third-order valence-electron chi connectivity index (χ3n) is 3.33. The molecule has 0 spiro atoms. The Hall–Kier alpha value is -2.76. The van der Waals surface area contributed by atoms with Crippen molar-refractivity contribution < 1.29 is 9.53 Å². The number of aryl methyl sites for hydroxylation is 1. The topological polar surface area (TPSA) is 69.9 Å². The van der Waals surface area contributed by atoms with E-state index in [1.54, 1.807) is 12.1 Å². The molecule has 0 fully saturated rings. The van der Waals surface area contributed by atoms with Gasteiger partial charge in [0.2, 0.25) is 5.88 Å². The highest BCUT2D eigenvalue weighted by Gasteiger charge is 2.14. The van der Waals surface area contributed by atoms with Crippen LogP contribution >= 0.6 is 0 Å². The van der Waals surface area contributed by atoms with Gasteiger partial charge in [-0.25, -0.2) is 4.98 Å². The number of ketones is 1. The zero-order valence-electron chi connectivity index (χ0n) is 11.8. The Kier molecular flexibility index (Phi) is 3.35. The lowest BCUT2D eigenvalue weighted by Crippen LogP contribution is -2.10. The van der Waals surface area contributed by atoms with Crippen LogP contribution in [0.3, 0.4) is 0 Å². The molecule has 0 N–H and O–H groups in total. The van der Waals surface area contributed by atoms with Crippen LogP contribution in [0.1, 0.15) is 16.3 Å². The number of benzene rings is 1. The first-order chi connectivity index (χ1) is 10.2. The van der Waals surface area contributed by atoms with Crippen molar-refractivity contribution in [3.63, 3.8) is 0 Å². The molecule has 0 radical (unpaired) electrons. The summed E-state index contributed by atoms with van der Waals surface area (Å²) < 4.78 is 6.85. The molecule has 0 aliphatic rings. The predicted molar refractivity (Wildman–Crippen MR) is 77.3 cm³/mol. The summed E-state index contributed by atoms with van der Waals surface area (Å²) in [5.41, 5.74) is 2.19. The Morgan fingerprint density at radius 1 is 1.19 bits per heavy atom. The van der Waals surface area contributed by atoms with Crippen molar-refractivity contribution in [2.45, 2.75) is 6.42 Å². The van der Waals surface area contributed by atoms with Crippen LogP contribution in [-0.2, 0) is 13.5 Å². The van der Waals surface area contributed by atoms with Gasteiger partial charge in [-0.1, -0.05) is 12.1 Å². The van der Waals surface area contributed by atoms with Gasteiger partial charge in [-0.05, 0) is 18.2 Å². The Labute approximate surface area is 121 Å². The largest absolute Gasteiger partial charge is 0.480 e. The van der Waals surface area contributed by atoms with Crippen molar-refractivity contribution in [3.8, 4) is 5.88 Å². The van der Waals surface area contributed by atoms with Crippen molar-refractivity contribution in [1.82, 2.24) is 19.7 Å². The van der Waals surface area contributed by atoms with Crippen molar-refractivity contribution in [3.05, 3.63) is 47.9 Å². The maximum atomic E-state index is 12.2. The van der Waals surface area contributed by atoms with Crippen LogP contribution in [0.5, 0.6) is 5.88 Å². The second kappa shape index (κ2) is 5.32. The maximum absolute atomic E-state index is 12.2. The highest BCUT2D eigenvalue weighted by atomic mass is 16.5. The van der Waals surface area contributed by atoms with Gasteiger partial charge in [0.15, 0.2) is 5.78 Å². The maximum Gasteiger partial charge on any atom is 0.233 e. The fourth-order valence-corrected chi connectivity index (χ4v) is 2.17. The summed E-state index contributed by atoms with van der Waals surface area (Å²) in [4.78, 5) is 16.7. The number of hydrogen-bond donors (Lipinski definition) is 0. The number of imidazole rings is 1. The van der Waals surface area contributed by atoms with Gasteiger partial charge in [0.05, 0.1) is 24.6 Å². The van der Waals surface area contributed by atoms with Gasteiger partial charge in [0.25, 0.3) is 0 Å². The molecular weight excluding hydrogens is 268 g/mol. The summed E-state index contributed by atoms with van der Waals surface area (Å²) in [6.45, 7) is 0. The number of fused-ring (bicyclic) bond motifs is 1. The van der Waals surface area contributed by atoms with Gasteiger partial charge in [-0.3, -0.25) is 4.79 Å². The number of hydrogen-bond acceptors (Lipinski definition) is 5. The van der Waals surface area contributed by atoms with Gasteiger partial charge >= 0.3 is 0 Å². The summed E-state index contributed by atoms with van der Waals surface area (Å²) in [6, 6.07) is 11.0. The second-order valence-corrected chi connectivity index (χ2v) is 4.64. The lowest BCUT2D eigenvalue weighted by molar-refractivity contribution is 0.0984. The molecule has 3 aromatic rings. The molecular formula is C15H14N4O2. The molecule has 0 atom stereocenters. The molecule has 2 aromatic heterocycles. The fourth-order valence-electron chi connectivity index (χ4n) is 2.17. The summed E-state index contributed by atoms with van der Waals surface area (Å²) in [5.74, 6) is 0.969. The van der Waals surface area contributed by atoms with E-state index in [-0.39, 0.29) is 12.2 Å². The molecule has 0 saturated carbocycles. The highest BCUT2D eigenvalue weighted by molar-refractivity contribution is 5.95. The number of ether oxygens (including phenoxy) is 1. The molecule has 6 nitrogen and oxygen atoms in total. The third-order valence-corrected chi connectivity index (χ3v) is 3.33. The summed E-state index contributed by atoms with van der Waals surface area (Å²) in [5, 5.41) is 7.67. The number of para-hydroxylation sites is 2. The normalized spacial score (nSPS) is 10.8. The van der Waals surface area contributed by atoms with Crippen molar-refractivity contribution in [2.24, 2.45) is 7.05 Å². The molecule has 0 bridgehead atoms. The third kappa shape index (κ3) is 2.47. The van der Waals surface area contributed by atoms with Gasteiger partial charge in [-0.15, -0.1) is 10.2 Å². The minimum Gasteiger partial charge on any atom is -0.480 e. The van der Waals surface area contributed by atoms with E-state index in [1.807, 2.05) is 35.9 Å². The number of rotatable bonds is 4. The highest BCUT2D eigenvalue weighted by Crippen LogP contribution is 2.15. The average molecular weight is 282 g/mol. The number of carbonyl (C=O) groups is 1. The quantitative estimate of drug-likeness (QED) is 0.682. The minimum atomic E-state index is -0.122. The zero-order chi connectivity index (χ0) is 14.8. The van der Waals surface area contributed by atoms with E-state index < -0.39 is 0 Å². The molecule has 106 valence electrons. The van der Waals surface area contributed by atoms with Crippen molar-refractivity contribution in [1.29, 1.82) is 0 Å². The molecule has 0 aliphatic carbocycles. The number of aromatic nitrogens is 4. The Balaban J connectivity index is 1.87. The van der Waals surface area contributed by atoms with Crippen LogP contribution in [0.25, 0.3) is 11.0 Å². The average Bonchev–Trinajstić information content (AvgIpc) is 2.84. The van der Waals surface area contributed by atoms with Crippen LogP contribution in [0.4, 0.5) is 0 Å². The molecule has 21 heavy (non-hydrogen) atoms. The van der Waals surface area contributed by atoms with E-state index in [4.69, 9.17) is 4.74 Å². The molecule has 0 aliphatic heterocycles. The van der Waals surface area contributed by atoms with Crippen LogP contribution < -0.4 is 4.74 Å². The van der Waals surface area contributed by atoms with Gasteiger partial charge in [-0.2, -0.15) is 0 Å². The fraction of sp³-hybridized carbons (Fsp3) is 0.200. The minimum absolute atomic E-state index is 0.122. The Morgan fingerprint density at radius 2 is 2.00 bits per heavy atom. The first-order valence-corrected chi connectivity index (χ1v) is 6.50. The Morgan fingerprint density at radius 3 is 2.67 bits per heavy atom. The second-order valence-electron chi connectivity index (χ2n) is 4.64. The number of methoxy groups -OCH3 is 1. The smallest absolute Gasteiger partial charge is 0.233 e. The molecule has 0 unspecified atom stereocenters. The van der Waals surface area contributed by atoms with E-state index >= 15 is 0 Å². The standard InChI is InChI=1S/C15H14N4O2/c1-19-12-6-4-3-5-10(12)16-14(19)9-13(20)11-7-8-15(21-2)18-17-11/h3-8H,9H2,1-2H3. The predicted octanol–water partition coefficient (Wildman–Crippen LogP) is 1.80. The molecule has 6 heteroatoms. The molecule has 0 amide bonds. The molecule has 3 rings (SSSR count). The number of Topliss-reactive ketones (excluding diaryl/α,β-unsaturated/α-hetero) is 1. The first-order valence-electron chi connectivity index (χ1n) is 6.50. The van der Waals surface area contributed by atoms with E-state index in [9.17, 15) is 4.79 Å². The Bertz CT molecular complexity index is 793. The number of nitrogens with zero attached hydrogens (tertiary/aromatic N) is 4. The van der Waals surface area contributed by atoms with Crippen LogP contribution in [0.2, 0.25) is 0 Å². The van der Waals surface area contributed by atoms with Gasteiger partial charge in [0.1, 0.15) is 11.5 Å². The van der Waals surface area contributed by atoms with E-state index in [1.165, 1.54) is 7.11 Å². The lowest BCUT2D eigenvalue weighted by atomic mass is 10.2. The first kappa shape index (κ1) is 13.2. The van der Waals surface area contributed by atoms with Crippen LogP contribution in [-0.4, -0.2) is 32.6 Å². The summed E-state index contributed by atoms with van der Waals surface area (Å²) in [6.07, 6.45) is 0.187. The monoisotopic (exact) mass is 282 g/mol. The molecule has 2 heterocycles. The van der Waals surface area contributed by atoms with Crippen molar-refractivity contribution >= 4 is 16.8 Å². The van der Waals surface area contributed by atoms with E-state index in [0.717, 1.165) is 11.0 Å². The van der Waals surface area contributed by atoms with Gasteiger partial charge < -0.3 is 9.30 Å². The lowest BCUT2D eigenvalue weighted by Gasteiger charge is -2.02. The zero-order valence-corrected chi connectivity index (χ0v) is 11.8. The van der Waals surface area contributed by atoms with E-state index in [0.29, 0.717) is 17.4 Å². The van der Waals surface area contributed by atoms with Crippen LogP contribution in [0.15, 0.2) is 36.4 Å². The molecule has 1 aromatic carbocycles. The SMILES string of the molecule is COc1ccc(C(=O)Cc2nc3ccccc3n2C)nn1. The summed E-state index contributed by atoms with van der Waals surface area (Å²) >= 11 is 0. The number of carbonyl (C=O) groups excluding carboxylic acids is 1. The van der Waals surface area contributed by atoms with Crippen molar-refractivity contribution in [2.75, 3.05) is 7.11 Å².